The minimum Gasteiger partial charge on any atom is -0.464 e. The van der Waals surface area contributed by atoms with Crippen molar-refractivity contribution in [1.82, 2.24) is 15.0 Å². The number of rotatable bonds is 9. The van der Waals surface area contributed by atoms with Crippen molar-refractivity contribution in [2.75, 3.05) is 20.3 Å². The third-order valence-corrected chi connectivity index (χ3v) is 4.82. The Morgan fingerprint density at radius 2 is 1.95 bits per heavy atom. The smallest absolute Gasteiger partial charge is 0.361 e. The molecule has 0 amide bonds. The quantitative estimate of drug-likeness (QED) is 0.472. The Labute approximate surface area is 127 Å². The van der Waals surface area contributed by atoms with Crippen LogP contribution in [-0.4, -0.2) is 63.4 Å². The van der Waals surface area contributed by atoms with Gasteiger partial charge in [-0.15, -0.1) is 5.10 Å². The van der Waals surface area contributed by atoms with Gasteiger partial charge >= 0.3 is 13.6 Å². The number of hydrogen-bond acceptors (Lipinski definition) is 9. The lowest BCUT2D eigenvalue weighted by Gasteiger charge is -2.25. The lowest BCUT2D eigenvalue weighted by Crippen LogP contribution is -2.32. The van der Waals surface area contributed by atoms with Crippen molar-refractivity contribution in [2.24, 2.45) is 0 Å². The molecule has 0 aliphatic heterocycles. The molecule has 1 aromatic heterocycles. The zero-order chi connectivity index (χ0) is 16.8. The van der Waals surface area contributed by atoms with E-state index < -0.39 is 25.5 Å². The molecule has 10 nitrogen and oxygen atoms in total. The third kappa shape index (κ3) is 4.59. The highest BCUT2D eigenvalue weighted by Crippen LogP contribution is 2.53. The van der Waals surface area contributed by atoms with Crippen molar-refractivity contribution in [3.05, 3.63) is 11.9 Å². The van der Waals surface area contributed by atoms with E-state index in [2.05, 4.69) is 15.0 Å². The number of esters is 1. The first-order chi connectivity index (χ1) is 10.4. The lowest BCUT2D eigenvalue weighted by molar-refractivity contribution is 0.0287. The largest absolute Gasteiger partial charge is 0.464 e. The Bertz CT molecular complexity index is 526. The summed E-state index contributed by atoms with van der Waals surface area (Å²) in [5.41, 5.74) is -0.0537. The molecular weight excluding hydrogens is 317 g/mol. The van der Waals surface area contributed by atoms with Crippen LogP contribution in [-0.2, 0) is 24.9 Å². The van der Waals surface area contributed by atoms with Gasteiger partial charge in [-0.3, -0.25) is 4.57 Å². The molecule has 1 aromatic rings. The minimum absolute atomic E-state index is 0.0525. The first kappa shape index (κ1) is 18.7. The van der Waals surface area contributed by atoms with E-state index in [4.69, 9.17) is 9.05 Å². The molecule has 0 aromatic carbocycles. The number of carbonyl (C=O) groups is 1. The summed E-state index contributed by atoms with van der Waals surface area (Å²) in [5, 5.41) is 27.1. The topological polar surface area (TPSA) is 133 Å². The fourth-order valence-electron chi connectivity index (χ4n) is 1.63. The van der Waals surface area contributed by atoms with Crippen molar-refractivity contribution in [3.63, 3.8) is 0 Å². The summed E-state index contributed by atoms with van der Waals surface area (Å²) in [6.45, 7) is 3.03. The van der Waals surface area contributed by atoms with Crippen LogP contribution < -0.4 is 0 Å². The predicted molar refractivity (Wildman–Crippen MR) is 74.2 cm³/mol. The highest BCUT2D eigenvalue weighted by Gasteiger charge is 2.39. The second kappa shape index (κ2) is 8.35. The van der Waals surface area contributed by atoms with Crippen LogP contribution in [0.25, 0.3) is 0 Å². The number of aromatic nitrogens is 3. The van der Waals surface area contributed by atoms with Gasteiger partial charge in [0.15, 0.2) is 11.5 Å². The van der Waals surface area contributed by atoms with Crippen molar-refractivity contribution >= 4 is 13.6 Å². The van der Waals surface area contributed by atoms with E-state index in [0.29, 0.717) is 0 Å². The van der Waals surface area contributed by atoms with Gasteiger partial charge in [0.2, 0.25) is 0 Å². The van der Waals surface area contributed by atoms with Gasteiger partial charge in [-0.2, -0.15) is 0 Å². The predicted octanol–water partition coefficient (Wildman–Crippen LogP) is 0.0101. The molecule has 0 aliphatic rings. The molecule has 1 heterocycles. The van der Waals surface area contributed by atoms with E-state index in [1.165, 1.54) is 13.3 Å². The normalized spacial score (nSPS) is 14.6. The van der Waals surface area contributed by atoms with E-state index in [9.17, 15) is 19.6 Å². The van der Waals surface area contributed by atoms with Gasteiger partial charge < -0.3 is 24.0 Å². The van der Waals surface area contributed by atoms with Gasteiger partial charge in [0.05, 0.1) is 33.1 Å². The van der Waals surface area contributed by atoms with Crippen LogP contribution in [0.1, 0.15) is 24.3 Å². The summed E-state index contributed by atoms with van der Waals surface area (Å²) < 4.78 is 27.8. The number of methoxy groups -OCH3 is 1. The van der Waals surface area contributed by atoms with Crippen molar-refractivity contribution in [3.8, 4) is 0 Å². The Morgan fingerprint density at radius 1 is 1.36 bits per heavy atom. The van der Waals surface area contributed by atoms with Gasteiger partial charge in [-0.05, 0) is 13.8 Å². The molecule has 0 fully saturated rings. The van der Waals surface area contributed by atoms with Crippen LogP contribution in [0.5, 0.6) is 0 Å². The summed E-state index contributed by atoms with van der Waals surface area (Å²) in [6, 6.07) is 0. The maximum Gasteiger partial charge on any atom is 0.361 e. The van der Waals surface area contributed by atoms with Crippen LogP contribution in [0.15, 0.2) is 6.20 Å². The summed E-state index contributed by atoms with van der Waals surface area (Å²) in [4.78, 5) is 11.2. The molecule has 1 rings (SSSR count). The Morgan fingerprint density at radius 3 is 2.45 bits per heavy atom. The summed E-state index contributed by atoms with van der Waals surface area (Å²) >= 11 is 0. The molecule has 0 saturated heterocycles. The third-order valence-electron chi connectivity index (χ3n) is 2.59. The minimum atomic E-state index is -3.87. The van der Waals surface area contributed by atoms with Crippen molar-refractivity contribution in [2.45, 2.75) is 32.3 Å². The summed E-state index contributed by atoms with van der Waals surface area (Å²) in [6.07, 6.45) is -0.259. The second-order valence-corrected chi connectivity index (χ2v) is 6.30. The molecule has 0 bridgehead atoms. The van der Waals surface area contributed by atoms with Crippen LogP contribution in [0.4, 0.5) is 0 Å². The number of carbonyl (C=O) groups excluding carboxylic acids is 1. The Balaban J connectivity index is 2.78. The zero-order valence-electron chi connectivity index (χ0n) is 12.6. The van der Waals surface area contributed by atoms with Crippen LogP contribution in [0, 0.1) is 0 Å². The van der Waals surface area contributed by atoms with E-state index in [1.54, 1.807) is 13.8 Å². The first-order valence-electron chi connectivity index (χ1n) is 6.61. The molecule has 0 aliphatic carbocycles. The van der Waals surface area contributed by atoms with Crippen LogP contribution >= 0.6 is 7.60 Å². The molecule has 2 atom stereocenters. The van der Waals surface area contributed by atoms with Gasteiger partial charge in [0, 0.05) is 0 Å². The van der Waals surface area contributed by atoms with Gasteiger partial charge in [-0.25, -0.2) is 9.48 Å². The molecule has 11 heteroatoms. The molecule has 22 heavy (non-hydrogen) atoms. The van der Waals surface area contributed by atoms with Crippen LogP contribution in [0.3, 0.4) is 0 Å². The zero-order valence-corrected chi connectivity index (χ0v) is 13.5. The van der Waals surface area contributed by atoms with Crippen LogP contribution in [0.2, 0.25) is 0 Å². The molecule has 0 radical (unpaired) electrons. The molecule has 0 unspecified atom stereocenters. The maximum atomic E-state index is 12.3. The first-order valence-corrected chi connectivity index (χ1v) is 8.22. The molecule has 0 spiro atoms. The Hall–Kier alpha value is -1.32. The SMILES string of the molecule is CCOP(=O)(OCC)[C@H](O)[C@@H](O)Cn1cc(C(=O)OC)nn1. The fourth-order valence-corrected chi connectivity index (χ4v) is 3.25. The van der Waals surface area contributed by atoms with Crippen molar-refractivity contribution in [1.29, 1.82) is 0 Å². The molecule has 2 N–H and O–H groups in total. The van der Waals surface area contributed by atoms with E-state index in [-0.39, 0.29) is 25.5 Å². The number of nitrogens with zero attached hydrogens (tertiary/aromatic N) is 3. The number of hydrogen-bond donors (Lipinski definition) is 2. The van der Waals surface area contributed by atoms with E-state index in [1.807, 2.05) is 0 Å². The fraction of sp³-hybridized carbons (Fsp3) is 0.727. The maximum absolute atomic E-state index is 12.3. The van der Waals surface area contributed by atoms with E-state index in [0.717, 1.165) is 4.68 Å². The standard InChI is InChI=1S/C11H20N3O7P/c1-4-20-22(18,21-5-2)11(17)9(15)7-14-6-8(12-13-14)10(16)19-3/h6,9,11,15,17H,4-5,7H2,1-3H3/t9-,11-/m0/s1. The number of aliphatic hydroxyl groups excluding tert-OH is 2. The average Bonchev–Trinajstić information content (AvgIpc) is 2.94. The number of ether oxygens (including phenoxy) is 1. The summed E-state index contributed by atoms with van der Waals surface area (Å²) in [5.74, 6) is -2.44. The second-order valence-electron chi connectivity index (χ2n) is 4.17. The average molecular weight is 337 g/mol. The van der Waals surface area contributed by atoms with Gasteiger partial charge in [0.25, 0.3) is 0 Å². The van der Waals surface area contributed by atoms with Gasteiger partial charge in [-0.1, -0.05) is 5.21 Å². The monoisotopic (exact) mass is 337 g/mol. The molecular formula is C11H20N3O7P. The lowest BCUT2D eigenvalue weighted by atomic mass is 10.4. The molecule has 126 valence electrons. The summed E-state index contributed by atoms with van der Waals surface area (Å²) in [7, 11) is -2.67. The number of aliphatic hydroxyl groups is 2. The molecule has 0 saturated carbocycles. The van der Waals surface area contributed by atoms with E-state index >= 15 is 0 Å². The van der Waals surface area contributed by atoms with Crippen molar-refractivity contribution < 1.29 is 33.4 Å². The van der Waals surface area contributed by atoms with Gasteiger partial charge in [0.1, 0.15) is 6.10 Å². The Kier molecular flexibility index (Phi) is 7.11. The highest BCUT2D eigenvalue weighted by molar-refractivity contribution is 7.54. The highest BCUT2D eigenvalue weighted by atomic mass is 31.2.